The first-order chi connectivity index (χ1) is 17.5. The summed E-state index contributed by atoms with van der Waals surface area (Å²) in [6.45, 7) is 15.4. The van der Waals surface area contributed by atoms with Crippen molar-refractivity contribution in [2.75, 3.05) is 31.6 Å². The fourth-order valence-corrected chi connectivity index (χ4v) is 6.70. The highest BCUT2D eigenvalue weighted by Gasteiger charge is 2.78. The van der Waals surface area contributed by atoms with E-state index in [2.05, 4.69) is 13.2 Å². The summed E-state index contributed by atoms with van der Waals surface area (Å²) in [5, 5.41) is 10.1. The quantitative estimate of drug-likeness (QED) is 0.517. The molecule has 2 bridgehead atoms. The standard InChI is InChI=1S/C29H39N3O5/c1-8-14-30(7)25(34)22-23-26(35)32(20(5)17-33)24(29(23)13-12-28(22,6)37-29)27(36)31(15-9-2)21-16-18(3)10-11-19(21)4/h8-11,16,20,22-24,33H,1-2,12-15,17H2,3-7H3/t20-,22+,23+,24?,28-,29?/m1/s1. The Hall–Kier alpha value is -2.97. The molecule has 6 atom stereocenters. The fraction of sp³-hybridized carbons (Fsp3) is 0.552. The van der Waals surface area contributed by atoms with Gasteiger partial charge < -0.3 is 24.5 Å². The molecular weight excluding hydrogens is 470 g/mol. The molecule has 8 nitrogen and oxygen atoms in total. The van der Waals surface area contributed by atoms with Crippen LogP contribution in [0.25, 0.3) is 0 Å². The van der Waals surface area contributed by atoms with Crippen LogP contribution >= 0.6 is 0 Å². The Morgan fingerprint density at radius 1 is 1.22 bits per heavy atom. The van der Waals surface area contributed by atoms with Crippen LogP contribution in [0.3, 0.4) is 0 Å². The molecule has 3 aliphatic heterocycles. The number of anilines is 1. The lowest BCUT2D eigenvalue weighted by molar-refractivity contribution is -0.151. The zero-order valence-corrected chi connectivity index (χ0v) is 22.6. The minimum atomic E-state index is -1.15. The number of aliphatic hydroxyl groups excluding tert-OH is 1. The van der Waals surface area contributed by atoms with Crippen molar-refractivity contribution >= 4 is 23.4 Å². The van der Waals surface area contributed by atoms with Crippen LogP contribution in [0.1, 0.15) is 37.8 Å². The minimum Gasteiger partial charge on any atom is -0.394 e. The van der Waals surface area contributed by atoms with E-state index >= 15 is 0 Å². The maximum Gasteiger partial charge on any atom is 0.253 e. The van der Waals surface area contributed by atoms with E-state index in [0.29, 0.717) is 19.4 Å². The second kappa shape index (κ2) is 9.72. The number of nitrogens with zero attached hydrogens (tertiary/aromatic N) is 3. The number of amides is 3. The largest absolute Gasteiger partial charge is 0.394 e. The Kier molecular flexibility index (Phi) is 7.12. The Morgan fingerprint density at radius 2 is 1.89 bits per heavy atom. The van der Waals surface area contributed by atoms with Gasteiger partial charge in [-0.25, -0.2) is 0 Å². The fourth-order valence-electron chi connectivity index (χ4n) is 6.70. The molecule has 1 spiro atoms. The number of fused-ring (bicyclic) bond motifs is 1. The molecule has 0 aromatic heterocycles. The summed E-state index contributed by atoms with van der Waals surface area (Å²) < 4.78 is 6.69. The number of ether oxygens (including phenoxy) is 1. The third kappa shape index (κ3) is 4.01. The SMILES string of the molecule is C=CCN(C)C(=O)[C@@H]1[C@H]2C(=O)N([C@H](C)CO)C(C(=O)N(CC=C)c3cc(C)ccc3C)C23CC[C@@]1(C)O3. The molecule has 0 aliphatic carbocycles. The van der Waals surface area contributed by atoms with Gasteiger partial charge in [-0.1, -0.05) is 24.3 Å². The van der Waals surface area contributed by atoms with Crippen LogP contribution in [-0.2, 0) is 19.1 Å². The zero-order chi connectivity index (χ0) is 27.3. The zero-order valence-electron chi connectivity index (χ0n) is 22.6. The van der Waals surface area contributed by atoms with Gasteiger partial charge in [-0.15, -0.1) is 13.2 Å². The van der Waals surface area contributed by atoms with Crippen molar-refractivity contribution in [3.63, 3.8) is 0 Å². The molecule has 3 aliphatic rings. The third-order valence-electron chi connectivity index (χ3n) is 8.47. The predicted molar refractivity (Wildman–Crippen MR) is 142 cm³/mol. The highest BCUT2D eigenvalue weighted by Crippen LogP contribution is 2.63. The molecule has 4 rings (SSSR count). The molecule has 2 unspecified atom stereocenters. The van der Waals surface area contributed by atoms with E-state index in [1.165, 1.54) is 4.90 Å². The van der Waals surface area contributed by atoms with Crippen molar-refractivity contribution < 1.29 is 24.2 Å². The Labute approximate surface area is 219 Å². The number of aliphatic hydroxyl groups is 1. The molecule has 0 radical (unpaired) electrons. The number of carbonyl (C=O) groups is 3. The third-order valence-corrected chi connectivity index (χ3v) is 8.47. The Bertz CT molecular complexity index is 1130. The molecular formula is C29H39N3O5. The van der Waals surface area contributed by atoms with Crippen LogP contribution < -0.4 is 4.90 Å². The van der Waals surface area contributed by atoms with Gasteiger partial charge in [-0.3, -0.25) is 14.4 Å². The average molecular weight is 510 g/mol. The molecule has 0 saturated carbocycles. The lowest BCUT2D eigenvalue weighted by Crippen LogP contribution is -2.58. The van der Waals surface area contributed by atoms with Gasteiger partial charge in [0.25, 0.3) is 5.91 Å². The molecule has 3 heterocycles. The summed E-state index contributed by atoms with van der Waals surface area (Å²) >= 11 is 0. The van der Waals surface area contributed by atoms with Crippen molar-refractivity contribution in [1.29, 1.82) is 0 Å². The molecule has 1 aromatic carbocycles. The van der Waals surface area contributed by atoms with Crippen LogP contribution in [-0.4, -0.2) is 82.7 Å². The van der Waals surface area contributed by atoms with Gasteiger partial charge in [0.05, 0.1) is 30.1 Å². The van der Waals surface area contributed by atoms with Crippen LogP contribution in [0.5, 0.6) is 0 Å². The Balaban J connectivity index is 1.85. The number of rotatable bonds is 9. The van der Waals surface area contributed by atoms with E-state index in [-0.39, 0.29) is 30.9 Å². The van der Waals surface area contributed by atoms with Crippen molar-refractivity contribution in [2.45, 2.75) is 63.8 Å². The molecule has 3 saturated heterocycles. The van der Waals surface area contributed by atoms with Crippen LogP contribution in [0, 0.1) is 25.7 Å². The van der Waals surface area contributed by atoms with E-state index in [0.717, 1.165) is 16.8 Å². The molecule has 200 valence electrons. The number of benzene rings is 1. The van der Waals surface area contributed by atoms with E-state index in [1.54, 1.807) is 35.9 Å². The van der Waals surface area contributed by atoms with E-state index in [9.17, 15) is 19.5 Å². The summed E-state index contributed by atoms with van der Waals surface area (Å²) in [7, 11) is 1.69. The molecule has 37 heavy (non-hydrogen) atoms. The summed E-state index contributed by atoms with van der Waals surface area (Å²) in [6, 6.07) is 4.31. The van der Waals surface area contributed by atoms with E-state index in [4.69, 9.17) is 4.74 Å². The number of likely N-dealkylation sites (N-methyl/N-ethyl adjacent to an activating group) is 1. The Morgan fingerprint density at radius 3 is 2.51 bits per heavy atom. The van der Waals surface area contributed by atoms with Gasteiger partial charge >= 0.3 is 0 Å². The number of aryl methyl sites for hydroxylation is 2. The second-order valence-corrected chi connectivity index (χ2v) is 11.0. The summed E-state index contributed by atoms with van der Waals surface area (Å²) in [4.78, 5) is 47.0. The topological polar surface area (TPSA) is 90.4 Å². The lowest BCUT2D eigenvalue weighted by Gasteiger charge is -2.39. The number of carbonyl (C=O) groups excluding carboxylic acids is 3. The number of hydrogen-bond acceptors (Lipinski definition) is 5. The molecule has 1 aromatic rings. The smallest absolute Gasteiger partial charge is 0.253 e. The first-order valence-electron chi connectivity index (χ1n) is 13.0. The molecule has 3 fully saturated rings. The first-order valence-corrected chi connectivity index (χ1v) is 13.0. The maximum atomic E-state index is 14.5. The normalized spacial score (nSPS) is 30.7. The first kappa shape index (κ1) is 27.1. The average Bonchev–Trinajstić information content (AvgIpc) is 3.43. The predicted octanol–water partition coefficient (Wildman–Crippen LogP) is 2.61. The highest BCUT2D eigenvalue weighted by atomic mass is 16.5. The molecule has 8 heteroatoms. The van der Waals surface area contributed by atoms with Crippen molar-refractivity contribution in [2.24, 2.45) is 11.8 Å². The minimum absolute atomic E-state index is 0.190. The van der Waals surface area contributed by atoms with E-state index in [1.807, 2.05) is 39.0 Å². The second-order valence-electron chi connectivity index (χ2n) is 11.0. The van der Waals surface area contributed by atoms with Gasteiger partial charge in [0.2, 0.25) is 11.8 Å². The van der Waals surface area contributed by atoms with Crippen LogP contribution in [0.2, 0.25) is 0 Å². The monoisotopic (exact) mass is 509 g/mol. The van der Waals surface area contributed by atoms with Gasteiger partial charge in [0.15, 0.2) is 0 Å². The van der Waals surface area contributed by atoms with Crippen molar-refractivity contribution in [1.82, 2.24) is 9.80 Å². The van der Waals surface area contributed by atoms with Crippen LogP contribution in [0.4, 0.5) is 5.69 Å². The molecule has 3 amide bonds. The maximum absolute atomic E-state index is 14.5. The molecule has 1 N–H and O–H groups in total. The summed E-state index contributed by atoms with van der Waals surface area (Å²) in [5.74, 6) is -2.32. The highest BCUT2D eigenvalue weighted by molar-refractivity contribution is 6.05. The van der Waals surface area contributed by atoms with Gasteiger partial charge in [-0.05, 0) is 57.7 Å². The summed E-state index contributed by atoms with van der Waals surface area (Å²) in [6.07, 6.45) is 4.35. The van der Waals surface area contributed by atoms with Gasteiger partial charge in [-0.2, -0.15) is 0 Å². The number of hydrogen-bond donors (Lipinski definition) is 1. The van der Waals surface area contributed by atoms with Crippen molar-refractivity contribution in [3.8, 4) is 0 Å². The van der Waals surface area contributed by atoms with Gasteiger partial charge in [0, 0.05) is 25.8 Å². The summed E-state index contributed by atoms with van der Waals surface area (Å²) in [5.41, 5.74) is 0.652. The van der Waals surface area contributed by atoms with Crippen molar-refractivity contribution in [3.05, 3.63) is 54.6 Å². The lowest BCUT2D eigenvalue weighted by atomic mass is 9.66. The van der Waals surface area contributed by atoms with Crippen LogP contribution in [0.15, 0.2) is 43.5 Å². The van der Waals surface area contributed by atoms with E-state index < -0.39 is 35.1 Å². The number of likely N-dealkylation sites (tertiary alicyclic amines) is 1. The van der Waals surface area contributed by atoms with Gasteiger partial charge in [0.1, 0.15) is 11.6 Å².